The summed E-state index contributed by atoms with van der Waals surface area (Å²) < 4.78 is 34.0. The third-order valence-electron chi connectivity index (χ3n) is 6.59. The summed E-state index contributed by atoms with van der Waals surface area (Å²) in [6.45, 7) is 0.348. The van der Waals surface area contributed by atoms with Crippen LogP contribution in [0.3, 0.4) is 0 Å². The zero-order chi connectivity index (χ0) is 23.7. The van der Waals surface area contributed by atoms with Crippen molar-refractivity contribution in [3.63, 3.8) is 0 Å². The third kappa shape index (κ3) is 4.05. The van der Waals surface area contributed by atoms with Crippen LogP contribution in [0.1, 0.15) is 29.2 Å². The highest BCUT2D eigenvalue weighted by atomic mass is 32.2. The van der Waals surface area contributed by atoms with Crippen LogP contribution in [-0.4, -0.2) is 44.1 Å². The van der Waals surface area contributed by atoms with E-state index < -0.39 is 10.0 Å². The summed E-state index contributed by atoms with van der Waals surface area (Å²) in [5.74, 6) is 7.08. The summed E-state index contributed by atoms with van der Waals surface area (Å²) >= 11 is 0. The summed E-state index contributed by atoms with van der Waals surface area (Å²) in [4.78, 5) is 0.283. The first kappa shape index (κ1) is 22.5. The molecule has 0 saturated carbocycles. The van der Waals surface area contributed by atoms with Gasteiger partial charge in [-0.1, -0.05) is 36.1 Å². The summed E-state index contributed by atoms with van der Waals surface area (Å²) in [6, 6.07) is 21.3. The van der Waals surface area contributed by atoms with Crippen LogP contribution in [0, 0.1) is 17.8 Å². The number of rotatable bonds is 4. The summed E-state index contributed by atoms with van der Waals surface area (Å²) in [6.07, 6.45) is 0.675. The second kappa shape index (κ2) is 9.15. The Kier molecular flexibility index (Phi) is 6.05. The summed E-state index contributed by atoms with van der Waals surface area (Å²) in [5.41, 5.74) is 3.36. The molecule has 3 aromatic rings. The van der Waals surface area contributed by atoms with E-state index in [2.05, 4.69) is 17.2 Å². The number of hydrogen-bond donors (Lipinski definition) is 2. The first-order valence-corrected chi connectivity index (χ1v) is 12.7. The van der Waals surface area contributed by atoms with Crippen LogP contribution in [0.4, 0.5) is 5.69 Å². The Labute approximate surface area is 200 Å². The van der Waals surface area contributed by atoms with E-state index in [0.29, 0.717) is 13.0 Å². The zero-order valence-corrected chi connectivity index (χ0v) is 19.6. The highest BCUT2D eigenvalue weighted by Gasteiger charge is 2.48. The number of fused-ring (bicyclic) bond motifs is 3. The summed E-state index contributed by atoms with van der Waals surface area (Å²) in [5, 5.41) is 13.4. The minimum Gasteiger partial charge on any atom is -0.497 e. The molecular weight excluding hydrogens is 448 g/mol. The number of nitrogens with one attached hydrogen (secondary N) is 1. The number of aliphatic hydroxyl groups excluding tert-OH is 1. The van der Waals surface area contributed by atoms with Crippen molar-refractivity contribution < 1.29 is 18.3 Å². The quantitative estimate of drug-likeness (QED) is 0.565. The highest BCUT2D eigenvalue weighted by molar-refractivity contribution is 7.89. The van der Waals surface area contributed by atoms with Crippen molar-refractivity contribution in [2.24, 2.45) is 5.92 Å². The molecule has 6 nitrogen and oxygen atoms in total. The molecule has 34 heavy (non-hydrogen) atoms. The maximum atomic E-state index is 13.6. The zero-order valence-electron chi connectivity index (χ0n) is 18.8. The van der Waals surface area contributed by atoms with Crippen molar-refractivity contribution >= 4 is 15.7 Å². The van der Waals surface area contributed by atoms with Crippen molar-refractivity contribution in [3.05, 3.63) is 89.5 Å². The molecular formula is C27H26N2O4S. The van der Waals surface area contributed by atoms with E-state index in [4.69, 9.17) is 4.74 Å². The van der Waals surface area contributed by atoms with Crippen LogP contribution in [0.2, 0.25) is 0 Å². The number of hydrogen-bond acceptors (Lipinski definition) is 5. The first-order valence-electron chi connectivity index (χ1n) is 11.3. The molecule has 0 radical (unpaired) electrons. The number of benzene rings is 3. The van der Waals surface area contributed by atoms with Gasteiger partial charge in [0.15, 0.2) is 0 Å². The normalized spacial score (nSPS) is 21.5. The van der Waals surface area contributed by atoms with E-state index in [0.717, 1.165) is 28.1 Å². The lowest BCUT2D eigenvalue weighted by Gasteiger charge is -2.38. The van der Waals surface area contributed by atoms with E-state index in [-0.39, 0.29) is 29.5 Å². The Morgan fingerprint density at radius 2 is 1.79 bits per heavy atom. The van der Waals surface area contributed by atoms with Crippen LogP contribution in [0.5, 0.6) is 5.75 Å². The van der Waals surface area contributed by atoms with Crippen molar-refractivity contribution in [2.75, 3.05) is 25.6 Å². The van der Waals surface area contributed by atoms with Crippen LogP contribution >= 0.6 is 0 Å². The van der Waals surface area contributed by atoms with Gasteiger partial charge >= 0.3 is 0 Å². The number of nitrogens with zero attached hydrogens (tertiary/aromatic N) is 1. The lowest BCUT2D eigenvalue weighted by Crippen LogP contribution is -2.42. The van der Waals surface area contributed by atoms with Gasteiger partial charge in [0.25, 0.3) is 0 Å². The summed E-state index contributed by atoms with van der Waals surface area (Å²) in [7, 11) is -2.06. The Bertz CT molecular complexity index is 1360. The van der Waals surface area contributed by atoms with Gasteiger partial charge in [-0.05, 0) is 60.5 Å². The molecule has 3 aromatic carbocycles. The van der Waals surface area contributed by atoms with E-state index in [1.165, 1.54) is 0 Å². The Balaban J connectivity index is 1.54. The molecule has 2 aliphatic rings. The number of anilines is 1. The van der Waals surface area contributed by atoms with Gasteiger partial charge in [-0.25, -0.2) is 8.42 Å². The average molecular weight is 475 g/mol. The minimum absolute atomic E-state index is 0.0300. The lowest BCUT2D eigenvalue weighted by molar-refractivity contribution is 0.210. The molecule has 0 aromatic heterocycles. The maximum absolute atomic E-state index is 13.6. The van der Waals surface area contributed by atoms with Crippen LogP contribution in [0.25, 0.3) is 0 Å². The number of aliphatic hydroxyl groups is 1. The Morgan fingerprint density at radius 1 is 1.03 bits per heavy atom. The second-order valence-corrected chi connectivity index (χ2v) is 10.4. The van der Waals surface area contributed by atoms with E-state index in [1.807, 2.05) is 42.5 Å². The standard InChI is InChI=1S/C27H26N2O4S/c1-33-21-7-5-6-19(16-21)10-11-20-12-13-25-24(17-20)27-23(26(18-30)28-25)14-15-29(27)34(31,32)22-8-3-2-4-9-22/h2-9,12-13,16-17,23,26-28,30H,14-15,18H2,1H3/t23-,26+,27-/m1/s1. The van der Waals surface area contributed by atoms with Gasteiger partial charge in [0, 0.05) is 29.3 Å². The van der Waals surface area contributed by atoms with E-state index >= 15 is 0 Å². The Morgan fingerprint density at radius 3 is 2.53 bits per heavy atom. The highest BCUT2D eigenvalue weighted by Crippen LogP contribution is 2.48. The predicted octanol–water partition coefficient (Wildman–Crippen LogP) is 3.63. The fourth-order valence-electron chi connectivity index (χ4n) is 4.94. The molecule has 0 unspecified atom stereocenters. The lowest BCUT2D eigenvalue weighted by atomic mass is 9.83. The third-order valence-corrected chi connectivity index (χ3v) is 8.49. The van der Waals surface area contributed by atoms with Gasteiger partial charge in [0.1, 0.15) is 5.75 Å². The molecule has 7 heteroatoms. The van der Waals surface area contributed by atoms with Gasteiger partial charge in [0.2, 0.25) is 10.0 Å². The molecule has 2 heterocycles. The molecule has 0 amide bonds. The molecule has 0 bridgehead atoms. The van der Waals surface area contributed by atoms with Crippen molar-refractivity contribution in [1.82, 2.24) is 4.31 Å². The SMILES string of the molecule is COc1cccc(C#Cc2ccc3c(c2)[C@H]2[C@H](CCN2S(=O)(=O)c2ccccc2)[C@H](CO)N3)c1. The van der Waals surface area contributed by atoms with Crippen LogP contribution in [0.15, 0.2) is 77.7 Å². The van der Waals surface area contributed by atoms with E-state index in [1.54, 1.807) is 41.7 Å². The number of sulfonamides is 1. The van der Waals surface area contributed by atoms with Gasteiger partial charge < -0.3 is 15.2 Å². The molecule has 5 rings (SSSR count). The first-order chi connectivity index (χ1) is 16.5. The molecule has 1 fully saturated rings. The smallest absolute Gasteiger partial charge is 0.243 e. The molecule has 2 aliphatic heterocycles. The molecule has 3 atom stereocenters. The minimum atomic E-state index is -3.69. The predicted molar refractivity (Wildman–Crippen MR) is 131 cm³/mol. The van der Waals surface area contributed by atoms with Gasteiger partial charge in [0.05, 0.1) is 30.7 Å². The number of methoxy groups -OCH3 is 1. The van der Waals surface area contributed by atoms with E-state index in [9.17, 15) is 13.5 Å². The second-order valence-electron chi connectivity index (χ2n) is 8.54. The topological polar surface area (TPSA) is 78.9 Å². The number of ether oxygens (including phenoxy) is 1. The molecule has 0 spiro atoms. The fraction of sp³-hybridized carbons (Fsp3) is 0.259. The Hall–Kier alpha value is -3.31. The molecule has 1 saturated heterocycles. The molecule has 174 valence electrons. The molecule has 0 aliphatic carbocycles. The largest absolute Gasteiger partial charge is 0.497 e. The van der Waals surface area contributed by atoms with Gasteiger partial charge in [-0.15, -0.1) is 0 Å². The van der Waals surface area contributed by atoms with Crippen molar-refractivity contribution in [2.45, 2.75) is 23.4 Å². The van der Waals surface area contributed by atoms with Gasteiger partial charge in [-0.3, -0.25) is 0 Å². The van der Waals surface area contributed by atoms with Crippen molar-refractivity contribution in [1.29, 1.82) is 0 Å². The van der Waals surface area contributed by atoms with Crippen LogP contribution in [-0.2, 0) is 10.0 Å². The average Bonchev–Trinajstić information content (AvgIpc) is 3.34. The maximum Gasteiger partial charge on any atom is 0.243 e. The fourth-order valence-corrected chi connectivity index (χ4v) is 6.63. The van der Waals surface area contributed by atoms with Crippen molar-refractivity contribution in [3.8, 4) is 17.6 Å². The van der Waals surface area contributed by atoms with Crippen LogP contribution < -0.4 is 10.1 Å². The monoisotopic (exact) mass is 474 g/mol. The van der Waals surface area contributed by atoms with Gasteiger partial charge in [-0.2, -0.15) is 4.31 Å². The molecule has 2 N–H and O–H groups in total.